The van der Waals surface area contributed by atoms with Crippen LogP contribution in [0.1, 0.15) is 44.2 Å². The summed E-state index contributed by atoms with van der Waals surface area (Å²) < 4.78 is 19.7. The Bertz CT molecular complexity index is 1240. The highest BCUT2D eigenvalue weighted by atomic mass is 19.1. The highest BCUT2D eigenvalue weighted by molar-refractivity contribution is 5.67. The van der Waals surface area contributed by atoms with Crippen molar-refractivity contribution in [2.45, 2.75) is 58.2 Å². The number of rotatable bonds is 9. The number of anilines is 1. The zero-order valence-corrected chi connectivity index (χ0v) is 21.9. The first kappa shape index (κ1) is 25.3. The van der Waals surface area contributed by atoms with Gasteiger partial charge in [-0.05, 0) is 73.1 Å². The van der Waals surface area contributed by atoms with Crippen molar-refractivity contribution >= 4 is 12.2 Å². The molecule has 2 heterocycles. The number of ether oxygens (including phenoxy) is 1. The molecule has 5 rings (SSSR count). The second-order valence-electron chi connectivity index (χ2n) is 10.9. The molecule has 2 aromatic carbocycles. The second-order valence-corrected chi connectivity index (χ2v) is 10.9. The van der Waals surface area contributed by atoms with Crippen LogP contribution < -0.4 is 9.64 Å². The topological polar surface area (TPSA) is 58.6 Å². The molecule has 2 aliphatic rings. The minimum atomic E-state index is -0.608. The Balaban J connectivity index is 1.29. The maximum atomic E-state index is 13.6. The van der Waals surface area contributed by atoms with Crippen molar-refractivity contribution in [3.8, 4) is 16.9 Å². The van der Waals surface area contributed by atoms with Gasteiger partial charge in [0.15, 0.2) is 11.9 Å². The zero-order valence-electron chi connectivity index (χ0n) is 21.9. The highest BCUT2D eigenvalue weighted by Gasteiger charge is 2.45. The van der Waals surface area contributed by atoms with Crippen LogP contribution in [0.5, 0.6) is 5.75 Å². The van der Waals surface area contributed by atoms with E-state index in [9.17, 15) is 9.18 Å². The standard InChI is InChI=1S/C30H35FN4O2/c1-21(2)11-27-19-34(18-23-12-22(3)13-28(14-23)37-30(20-36)7-8-30)9-10-35(27)29-32-16-25(17-33-29)24-5-4-6-26(31)15-24/h4-6,12-17,20-21,27H,7-11,18-19H2,1-3H3/t27-/m1/s1. The van der Waals surface area contributed by atoms with Gasteiger partial charge in [-0.1, -0.05) is 32.0 Å². The van der Waals surface area contributed by atoms with E-state index in [4.69, 9.17) is 4.74 Å². The largest absolute Gasteiger partial charge is 0.480 e. The SMILES string of the molecule is Cc1cc(CN2CCN(c3ncc(-c4cccc(F)c4)cn3)[C@H](CC(C)C)C2)cc(OC2(C=O)CC2)c1. The van der Waals surface area contributed by atoms with Gasteiger partial charge < -0.3 is 9.64 Å². The molecule has 1 aromatic heterocycles. The summed E-state index contributed by atoms with van der Waals surface area (Å²) in [5.74, 6) is 1.78. The van der Waals surface area contributed by atoms with Gasteiger partial charge in [-0.25, -0.2) is 14.4 Å². The second kappa shape index (κ2) is 10.6. The van der Waals surface area contributed by atoms with Crippen molar-refractivity contribution in [1.82, 2.24) is 14.9 Å². The van der Waals surface area contributed by atoms with Gasteiger partial charge in [-0.2, -0.15) is 0 Å². The molecule has 1 aliphatic carbocycles. The van der Waals surface area contributed by atoms with Crippen molar-refractivity contribution < 1.29 is 13.9 Å². The summed E-state index contributed by atoms with van der Waals surface area (Å²) in [5, 5.41) is 0. The average Bonchev–Trinajstić information content (AvgIpc) is 3.63. The monoisotopic (exact) mass is 502 g/mol. The number of halogens is 1. The maximum absolute atomic E-state index is 13.6. The third kappa shape index (κ3) is 6.16. The Morgan fingerprint density at radius 2 is 1.89 bits per heavy atom. The lowest BCUT2D eigenvalue weighted by atomic mass is 9.99. The molecule has 1 saturated heterocycles. The van der Waals surface area contributed by atoms with Gasteiger partial charge >= 0.3 is 0 Å². The Morgan fingerprint density at radius 1 is 1.11 bits per heavy atom. The molecule has 0 spiro atoms. The van der Waals surface area contributed by atoms with Crippen LogP contribution in [0.4, 0.5) is 10.3 Å². The number of benzene rings is 2. The van der Waals surface area contributed by atoms with Gasteiger partial charge in [0, 0.05) is 50.2 Å². The van der Waals surface area contributed by atoms with Gasteiger partial charge in [0.05, 0.1) is 0 Å². The first-order chi connectivity index (χ1) is 17.8. The summed E-state index contributed by atoms with van der Waals surface area (Å²) >= 11 is 0. The Labute approximate surface area is 218 Å². The normalized spacial score (nSPS) is 19.2. The molecule has 37 heavy (non-hydrogen) atoms. The third-order valence-corrected chi connectivity index (χ3v) is 7.16. The Morgan fingerprint density at radius 3 is 2.57 bits per heavy atom. The molecule has 0 amide bonds. The van der Waals surface area contributed by atoms with E-state index in [0.29, 0.717) is 12.0 Å². The molecule has 6 nitrogen and oxygen atoms in total. The summed E-state index contributed by atoms with van der Waals surface area (Å²) in [6.07, 6.45) is 7.15. The van der Waals surface area contributed by atoms with Crippen LogP contribution in [0.3, 0.4) is 0 Å². The molecular weight excluding hydrogens is 467 g/mol. The van der Waals surface area contributed by atoms with Gasteiger partial charge in [0.1, 0.15) is 11.6 Å². The van der Waals surface area contributed by atoms with E-state index in [1.165, 1.54) is 17.7 Å². The van der Waals surface area contributed by atoms with E-state index >= 15 is 0 Å². The first-order valence-corrected chi connectivity index (χ1v) is 13.2. The molecule has 0 bridgehead atoms. The molecular formula is C30H35FN4O2. The lowest BCUT2D eigenvalue weighted by Gasteiger charge is -2.42. The van der Waals surface area contributed by atoms with Crippen LogP contribution in [0.25, 0.3) is 11.1 Å². The van der Waals surface area contributed by atoms with Crippen molar-refractivity contribution in [1.29, 1.82) is 0 Å². The van der Waals surface area contributed by atoms with Crippen molar-refractivity contribution in [3.63, 3.8) is 0 Å². The van der Waals surface area contributed by atoms with Crippen LogP contribution in [0, 0.1) is 18.7 Å². The van der Waals surface area contributed by atoms with E-state index in [0.717, 1.165) is 80.1 Å². The molecule has 2 fully saturated rings. The fourth-order valence-electron chi connectivity index (χ4n) is 5.19. The fourth-order valence-corrected chi connectivity index (χ4v) is 5.19. The molecule has 0 radical (unpaired) electrons. The predicted molar refractivity (Wildman–Crippen MR) is 143 cm³/mol. The Hall–Kier alpha value is -3.32. The van der Waals surface area contributed by atoms with Gasteiger partial charge in [0.25, 0.3) is 0 Å². The van der Waals surface area contributed by atoms with Crippen LogP contribution in [-0.2, 0) is 11.3 Å². The molecule has 0 unspecified atom stereocenters. The number of aryl methyl sites for hydroxylation is 1. The molecule has 7 heteroatoms. The number of carbonyl (C=O) groups excluding carboxylic acids is 1. The summed E-state index contributed by atoms with van der Waals surface area (Å²) in [6, 6.07) is 13.1. The smallest absolute Gasteiger partial charge is 0.225 e. The van der Waals surface area contributed by atoms with Gasteiger partial charge in [-0.15, -0.1) is 0 Å². The number of aromatic nitrogens is 2. The number of carbonyl (C=O) groups is 1. The third-order valence-electron chi connectivity index (χ3n) is 7.16. The van der Waals surface area contributed by atoms with E-state index in [1.54, 1.807) is 18.5 Å². The van der Waals surface area contributed by atoms with Gasteiger partial charge in [0.2, 0.25) is 5.95 Å². The number of nitrogens with zero attached hydrogens (tertiary/aromatic N) is 4. The maximum Gasteiger partial charge on any atom is 0.225 e. The van der Waals surface area contributed by atoms with Crippen LogP contribution in [-0.4, -0.2) is 52.4 Å². The quantitative estimate of drug-likeness (QED) is 0.363. The van der Waals surface area contributed by atoms with Crippen LogP contribution >= 0.6 is 0 Å². The molecule has 194 valence electrons. The lowest BCUT2D eigenvalue weighted by molar-refractivity contribution is -0.115. The average molecular weight is 503 g/mol. The van der Waals surface area contributed by atoms with Crippen molar-refractivity contribution in [3.05, 3.63) is 71.8 Å². The summed E-state index contributed by atoms with van der Waals surface area (Å²) in [5.41, 5.74) is 3.31. The number of piperazine rings is 1. The summed E-state index contributed by atoms with van der Waals surface area (Å²) in [7, 11) is 0. The van der Waals surface area contributed by atoms with Crippen molar-refractivity contribution in [2.75, 3.05) is 24.5 Å². The lowest BCUT2D eigenvalue weighted by Crippen LogP contribution is -2.54. The summed E-state index contributed by atoms with van der Waals surface area (Å²) in [6.45, 7) is 10.0. The van der Waals surface area contributed by atoms with E-state index in [-0.39, 0.29) is 5.82 Å². The minimum absolute atomic E-state index is 0.266. The van der Waals surface area contributed by atoms with E-state index in [2.05, 4.69) is 52.7 Å². The molecule has 0 N–H and O–H groups in total. The highest BCUT2D eigenvalue weighted by Crippen LogP contribution is 2.39. The predicted octanol–water partition coefficient (Wildman–Crippen LogP) is 5.44. The van der Waals surface area contributed by atoms with Gasteiger partial charge in [-0.3, -0.25) is 9.69 Å². The van der Waals surface area contributed by atoms with Crippen molar-refractivity contribution in [2.24, 2.45) is 5.92 Å². The number of hydrogen-bond acceptors (Lipinski definition) is 6. The van der Waals surface area contributed by atoms with E-state index < -0.39 is 5.60 Å². The molecule has 3 aromatic rings. The molecule has 1 saturated carbocycles. The summed E-state index contributed by atoms with van der Waals surface area (Å²) in [4.78, 5) is 25.5. The first-order valence-electron chi connectivity index (χ1n) is 13.2. The number of hydrogen-bond donors (Lipinski definition) is 0. The molecule has 1 atom stereocenters. The minimum Gasteiger partial charge on any atom is -0.480 e. The van der Waals surface area contributed by atoms with Crippen LogP contribution in [0.2, 0.25) is 0 Å². The molecule has 1 aliphatic heterocycles. The fraction of sp³-hybridized carbons (Fsp3) is 0.433. The van der Waals surface area contributed by atoms with E-state index in [1.807, 2.05) is 12.1 Å². The van der Waals surface area contributed by atoms with Crippen LogP contribution in [0.15, 0.2) is 54.9 Å². The number of aldehydes is 1. The Kier molecular flexibility index (Phi) is 7.24. The zero-order chi connectivity index (χ0) is 26.0.